The van der Waals surface area contributed by atoms with E-state index in [1.165, 1.54) is 0 Å². The van der Waals surface area contributed by atoms with Crippen LogP contribution in [0.2, 0.25) is 0 Å². The highest BCUT2D eigenvalue weighted by Gasteiger charge is 2.25. The van der Waals surface area contributed by atoms with E-state index in [1.807, 2.05) is 13.0 Å². The molecule has 0 aromatic heterocycles. The minimum Gasteiger partial charge on any atom is -0.493 e. The molecule has 1 amide bonds. The zero-order chi connectivity index (χ0) is 14.5. The second-order valence-electron chi connectivity index (χ2n) is 5.29. The van der Waals surface area contributed by atoms with Crippen LogP contribution in [0, 0.1) is 0 Å². The lowest BCUT2D eigenvalue weighted by Gasteiger charge is -2.16. The fourth-order valence-electron chi connectivity index (χ4n) is 1.88. The lowest BCUT2D eigenvalue weighted by atomic mass is 10.2. The number of hydrogen-bond acceptors (Lipinski definition) is 4. The molecule has 0 bridgehead atoms. The van der Waals surface area contributed by atoms with E-state index in [2.05, 4.69) is 17.6 Å². The molecule has 1 aliphatic rings. The zero-order valence-electron chi connectivity index (χ0n) is 12.1. The molecule has 1 aromatic rings. The Morgan fingerprint density at radius 1 is 1.45 bits per heavy atom. The summed E-state index contributed by atoms with van der Waals surface area (Å²) in [6, 6.07) is 5.54. The van der Waals surface area contributed by atoms with E-state index in [0.29, 0.717) is 18.3 Å². The maximum atomic E-state index is 11.9. The van der Waals surface area contributed by atoms with E-state index in [9.17, 15) is 4.79 Å². The fraction of sp³-hybridized carbons (Fsp3) is 0.533. The van der Waals surface area contributed by atoms with E-state index < -0.39 is 0 Å². The molecule has 0 spiro atoms. The number of rotatable bonds is 7. The van der Waals surface area contributed by atoms with Crippen LogP contribution in [0.5, 0.6) is 5.75 Å². The smallest absolute Gasteiger partial charge is 0.242 e. The first kappa shape index (κ1) is 14.5. The number of nitrogens with two attached hydrogens (primary N) is 1. The highest BCUT2D eigenvalue weighted by molar-refractivity contribution is 5.85. The number of benzene rings is 1. The summed E-state index contributed by atoms with van der Waals surface area (Å²) in [5.74, 6) is 0.745. The number of amides is 1. The molecule has 1 atom stereocenters. The zero-order valence-corrected chi connectivity index (χ0v) is 12.1. The molecule has 110 valence electrons. The van der Waals surface area contributed by atoms with Crippen molar-refractivity contribution in [3.05, 3.63) is 18.2 Å². The molecule has 1 aromatic carbocycles. The Bertz CT molecular complexity index is 472. The molecule has 0 aliphatic heterocycles. The predicted octanol–water partition coefficient (Wildman–Crippen LogP) is 2.14. The standard InChI is InChI=1S/C15H23N3O2/c1-3-6-20-14-8-11(16)7-13(9-14)17-10(2)15(19)18-12-4-5-12/h7-10,12,17H,3-6,16H2,1-2H3,(H,18,19). The highest BCUT2D eigenvalue weighted by atomic mass is 16.5. The van der Waals surface area contributed by atoms with Crippen LogP contribution < -0.4 is 21.1 Å². The molecule has 1 saturated carbocycles. The van der Waals surface area contributed by atoms with Gasteiger partial charge < -0.3 is 21.1 Å². The van der Waals surface area contributed by atoms with Crippen LogP contribution in [0.1, 0.15) is 33.1 Å². The van der Waals surface area contributed by atoms with Crippen molar-refractivity contribution in [2.75, 3.05) is 17.7 Å². The highest BCUT2D eigenvalue weighted by Crippen LogP contribution is 2.24. The van der Waals surface area contributed by atoms with Crippen molar-refractivity contribution < 1.29 is 9.53 Å². The Morgan fingerprint density at radius 2 is 2.20 bits per heavy atom. The topological polar surface area (TPSA) is 76.4 Å². The van der Waals surface area contributed by atoms with Gasteiger partial charge in [-0.25, -0.2) is 0 Å². The predicted molar refractivity (Wildman–Crippen MR) is 80.9 cm³/mol. The first-order chi connectivity index (χ1) is 9.58. The fourth-order valence-corrected chi connectivity index (χ4v) is 1.88. The minimum absolute atomic E-state index is 0.0194. The number of nitrogen functional groups attached to an aromatic ring is 1. The van der Waals surface area contributed by atoms with Crippen LogP contribution in [0.15, 0.2) is 18.2 Å². The normalized spacial score (nSPS) is 15.5. The molecule has 2 rings (SSSR count). The van der Waals surface area contributed by atoms with Gasteiger partial charge in [-0.1, -0.05) is 6.92 Å². The van der Waals surface area contributed by atoms with Crippen LogP contribution in [0.4, 0.5) is 11.4 Å². The van der Waals surface area contributed by atoms with Gasteiger partial charge in [0.1, 0.15) is 11.8 Å². The summed E-state index contributed by atoms with van der Waals surface area (Å²) in [6.07, 6.45) is 3.12. The monoisotopic (exact) mass is 277 g/mol. The summed E-state index contributed by atoms with van der Waals surface area (Å²) in [4.78, 5) is 11.9. The maximum absolute atomic E-state index is 11.9. The van der Waals surface area contributed by atoms with E-state index in [-0.39, 0.29) is 11.9 Å². The van der Waals surface area contributed by atoms with E-state index in [4.69, 9.17) is 10.5 Å². The molecule has 1 fully saturated rings. The first-order valence-electron chi connectivity index (χ1n) is 7.18. The van der Waals surface area contributed by atoms with Gasteiger partial charge in [-0.2, -0.15) is 0 Å². The van der Waals surface area contributed by atoms with Gasteiger partial charge in [0, 0.05) is 29.5 Å². The van der Waals surface area contributed by atoms with Gasteiger partial charge in [-0.3, -0.25) is 4.79 Å². The molecular weight excluding hydrogens is 254 g/mol. The maximum Gasteiger partial charge on any atom is 0.242 e. The molecular formula is C15H23N3O2. The number of nitrogens with one attached hydrogen (secondary N) is 2. The number of ether oxygens (including phenoxy) is 1. The number of carbonyl (C=O) groups is 1. The second kappa shape index (κ2) is 6.50. The van der Waals surface area contributed by atoms with Gasteiger partial charge in [0.05, 0.1) is 6.61 Å². The molecule has 20 heavy (non-hydrogen) atoms. The molecule has 0 heterocycles. The third-order valence-electron chi connectivity index (χ3n) is 3.10. The average Bonchev–Trinajstić information content (AvgIpc) is 3.19. The Balaban J connectivity index is 1.96. The molecule has 4 N–H and O–H groups in total. The van der Waals surface area contributed by atoms with E-state index >= 15 is 0 Å². The van der Waals surface area contributed by atoms with Crippen molar-refractivity contribution in [2.24, 2.45) is 0 Å². The van der Waals surface area contributed by atoms with Gasteiger partial charge in [-0.05, 0) is 32.3 Å². The van der Waals surface area contributed by atoms with E-state index in [1.54, 1.807) is 12.1 Å². The number of anilines is 2. The summed E-state index contributed by atoms with van der Waals surface area (Å²) in [7, 11) is 0. The van der Waals surface area contributed by atoms with Gasteiger partial charge in [0.25, 0.3) is 0 Å². The van der Waals surface area contributed by atoms with Crippen molar-refractivity contribution >= 4 is 17.3 Å². The van der Waals surface area contributed by atoms with Crippen molar-refractivity contribution in [1.29, 1.82) is 0 Å². The molecule has 5 heteroatoms. The summed E-state index contributed by atoms with van der Waals surface area (Å²) < 4.78 is 5.57. The van der Waals surface area contributed by atoms with Crippen molar-refractivity contribution in [3.8, 4) is 5.75 Å². The second-order valence-corrected chi connectivity index (χ2v) is 5.29. The SMILES string of the molecule is CCCOc1cc(N)cc(NC(C)C(=O)NC2CC2)c1. The van der Waals surface area contributed by atoms with Gasteiger partial charge in [-0.15, -0.1) is 0 Å². The van der Waals surface area contributed by atoms with Crippen molar-refractivity contribution in [3.63, 3.8) is 0 Å². The lowest BCUT2D eigenvalue weighted by Crippen LogP contribution is -2.38. The van der Waals surface area contributed by atoms with Gasteiger partial charge in [0.2, 0.25) is 5.91 Å². The molecule has 0 radical (unpaired) electrons. The first-order valence-corrected chi connectivity index (χ1v) is 7.18. The minimum atomic E-state index is -0.295. The summed E-state index contributed by atoms with van der Waals surface area (Å²) in [5, 5.41) is 6.13. The lowest BCUT2D eigenvalue weighted by molar-refractivity contribution is -0.121. The summed E-state index contributed by atoms with van der Waals surface area (Å²) >= 11 is 0. The Morgan fingerprint density at radius 3 is 2.85 bits per heavy atom. The molecule has 1 aliphatic carbocycles. The van der Waals surface area contributed by atoms with Crippen LogP contribution in [-0.4, -0.2) is 24.6 Å². The van der Waals surface area contributed by atoms with Gasteiger partial charge >= 0.3 is 0 Å². The summed E-state index contributed by atoms with van der Waals surface area (Å²) in [6.45, 7) is 4.55. The van der Waals surface area contributed by atoms with Crippen LogP contribution in [-0.2, 0) is 4.79 Å². The van der Waals surface area contributed by atoms with Crippen LogP contribution in [0.3, 0.4) is 0 Å². The third-order valence-corrected chi connectivity index (χ3v) is 3.10. The summed E-state index contributed by atoms with van der Waals surface area (Å²) in [5.41, 5.74) is 7.27. The quantitative estimate of drug-likeness (QED) is 0.667. The number of hydrogen-bond donors (Lipinski definition) is 3. The van der Waals surface area contributed by atoms with E-state index in [0.717, 1.165) is 30.7 Å². The molecule has 1 unspecified atom stereocenters. The Kier molecular flexibility index (Phi) is 4.71. The van der Waals surface area contributed by atoms with Crippen LogP contribution in [0.25, 0.3) is 0 Å². The number of carbonyl (C=O) groups excluding carboxylic acids is 1. The van der Waals surface area contributed by atoms with Crippen molar-refractivity contribution in [2.45, 2.75) is 45.2 Å². The molecule has 0 saturated heterocycles. The third kappa shape index (κ3) is 4.33. The largest absolute Gasteiger partial charge is 0.493 e. The Labute approximate surface area is 119 Å². The molecule has 5 nitrogen and oxygen atoms in total. The Hall–Kier alpha value is -1.91. The van der Waals surface area contributed by atoms with Gasteiger partial charge in [0.15, 0.2) is 0 Å². The average molecular weight is 277 g/mol. The van der Waals surface area contributed by atoms with Crippen LogP contribution >= 0.6 is 0 Å². The van der Waals surface area contributed by atoms with Crippen molar-refractivity contribution in [1.82, 2.24) is 5.32 Å².